The Hall–Kier alpha value is -0.610. The fourth-order valence-electron chi connectivity index (χ4n) is 1.64. The molecule has 0 saturated carbocycles. The Bertz CT molecular complexity index is 184. The second-order valence-corrected chi connectivity index (χ2v) is 3.78. The monoisotopic (exact) mass is 185 g/mol. The number of likely N-dealkylation sites (N-methyl/N-ethyl adjacent to an activating group) is 1. The van der Waals surface area contributed by atoms with Crippen molar-refractivity contribution in [3.05, 3.63) is 0 Å². The highest BCUT2D eigenvalue weighted by molar-refractivity contribution is 5.82. The first-order valence-corrected chi connectivity index (χ1v) is 4.86. The van der Waals surface area contributed by atoms with E-state index in [1.165, 1.54) is 0 Å². The summed E-state index contributed by atoms with van der Waals surface area (Å²) in [6, 6.07) is 0.149. The van der Waals surface area contributed by atoms with E-state index in [0.717, 1.165) is 19.4 Å². The topological polar surface area (TPSA) is 58.4 Å². The van der Waals surface area contributed by atoms with Gasteiger partial charge in [0.25, 0.3) is 0 Å². The van der Waals surface area contributed by atoms with E-state index in [4.69, 9.17) is 5.73 Å². The largest absolute Gasteiger partial charge is 0.351 e. The zero-order chi connectivity index (χ0) is 9.84. The van der Waals surface area contributed by atoms with Gasteiger partial charge in [-0.2, -0.15) is 0 Å². The maximum atomic E-state index is 11.6. The van der Waals surface area contributed by atoms with Crippen molar-refractivity contribution in [2.24, 2.45) is 5.73 Å². The zero-order valence-electron chi connectivity index (χ0n) is 8.42. The van der Waals surface area contributed by atoms with Gasteiger partial charge >= 0.3 is 0 Å². The van der Waals surface area contributed by atoms with E-state index in [2.05, 4.69) is 10.2 Å². The van der Waals surface area contributed by atoms with Crippen molar-refractivity contribution in [2.75, 3.05) is 20.1 Å². The molecule has 1 amide bonds. The molecule has 0 spiro atoms. The molecule has 1 fully saturated rings. The van der Waals surface area contributed by atoms with Crippen molar-refractivity contribution >= 4 is 5.91 Å². The Morgan fingerprint density at radius 3 is 2.92 bits per heavy atom. The third-order valence-electron chi connectivity index (χ3n) is 2.57. The summed E-state index contributed by atoms with van der Waals surface area (Å²) in [4.78, 5) is 13.7. The van der Waals surface area contributed by atoms with Crippen LogP contribution in [-0.4, -0.2) is 43.0 Å². The lowest BCUT2D eigenvalue weighted by Gasteiger charge is -2.20. The van der Waals surface area contributed by atoms with Crippen LogP contribution in [0, 0.1) is 0 Å². The molecule has 4 nitrogen and oxygen atoms in total. The van der Waals surface area contributed by atoms with E-state index in [0.29, 0.717) is 6.54 Å². The number of hydrogen-bond donors (Lipinski definition) is 2. The molecule has 0 bridgehead atoms. The number of carbonyl (C=O) groups is 1. The summed E-state index contributed by atoms with van der Waals surface area (Å²) in [5.74, 6) is 0.123. The van der Waals surface area contributed by atoms with Crippen LogP contribution in [0.4, 0.5) is 0 Å². The lowest BCUT2D eigenvalue weighted by Crippen LogP contribution is -2.47. The molecule has 76 valence electrons. The number of hydrogen-bond acceptors (Lipinski definition) is 3. The Kier molecular flexibility index (Phi) is 3.69. The third-order valence-corrected chi connectivity index (χ3v) is 2.57. The minimum atomic E-state index is 0.0639. The first-order valence-electron chi connectivity index (χ1n) is 4.86. The molecular formula is C9H19N3O. The summed E-state index contributed by atoms with van der Waals surface area (Å²) in [5, 5.41) is 2.90. The summed E-state index contributed by atoms with van der Waals surface area (Å²) < 4.78 is 0. The molecule has 1 aliphatic rings. The SMILES string of the molecule is CC(CN)NC(=O)C1CCCN1C. The molecule has 1 heterocycles. The van der Waals surface area contributed by atoms with Crippen LogP contribution in [0.25, 0.3) is 0 Å². The number of rotatable bonds is 3. The van der Waals surface area contributed by atoms with Gasteiger partial charge in [0.1, 0.15) is 0 Å². The molecule has 0 aromatic carbocycles. The first-order chi connectivity index (χ1) is 6.15. The highest BCUT2D eigenvalue weighted by atomic mass is 16.2. The molecule has 1 aliphatic heterocycles. The molecule has 0 aromatic heterocycles. The Balaban J connectivity index is 2.38. The van der Waals surface area contributed by atoms with Crippen LogP contribution in [0.1, 0.15) is 19.8 Å². The highest BCUT2D eigenvalue weighted by Crippen LogP contribution is 2.14. The van der Waals surface area contributed by atoms with E-state index < -0.39 is 0 Å². The highest BCUT2D eigenvalue weighted by Gasteiger charge is 2.27. The standard InChI is InChI=1S/C9H19N3O/c1-7(6-10)11-9(13)8-4-3-5-12(8)2/h7-8H,3-6,10H2,1-2H3,(H,11,13). The van der Waals surface area contributed by atoms with E-state index in [9.17, 15) is 4.79 Å². The summed E-state index contributed by atoms with van der Waals surface area (Å²) in [7, 11) is 1.99. The van der Waals surface area contributed by atoms with Crippen molar-refractivity contribution in [1.82, 2.24) is 10.2 Å². The average molecular weight is 185 g/mol. The van der Waals surface area contributed by atoms with Gasteiger partial charge in [0.15, 0.2) is 0 Å². The number of carbonyl (C=O) groups excluding carboxylic acids is 1. The predicted octanol–water partition coefficient (Wildman–Crippen LogP) is -0.456. The number of nitrogens with two attached hydrogens (primary N) is 1. The summed E-state index contributed by atoms with van der Waals surface area (Å²) in [6.07, 6.45) is 2.09. The molecule has 13 heavy (non-hydrogen) atoms. The quantitative estimate of drug-likeness (QED) is 0.626. The molecule has 2 atom stereocenters. The van der Waals surface area contributed by atoms with Crippen LogP contribution < -0.4 is 11.1 Å². The van der Waals surface area contributed by atoms with Crippen molar-refractivity contribution in [3.63, 3.8) is 0 Å². The predicted molar refractivity (Wildman–Crippen MR) is 52.3 cm³/mol. The van der Waals surface area contributed by atoms with Crippen LogP contribution in [0.5, 0.6) is 0 Å². The van der Waals surface area contributed by atoms with Gasteiger partial charge in [-0.3, -0.25) is 9.69 Å². The lowest BCUT2D eigenvalue weighted by atomic mass is 10.2. The maximum Gasteiger partial charge on any atom is 0.237 e. The Morgan fingerprint density at radius 1 is 1.77 bits per heavy atom. The average Bonchev–Trinajstić information content (AvgIpc) is 2.51. The Morgan fingerprint density at radius 2 is 2.46 bits per heavy atom. The maximum absolute atomic E-state index is 11.6. The van der Waals surface area contributed by atoms with Gasteiger partial charge in [-0.15, -0.1) is 0 Å². The van der Waals surface area contributed by atoms with Gasteiger partial charge in [0, 0.05) is 12.6 Å². The van der Waals surface area contributed by atoms with Gasteiger partial charge in [-0.25, -0.2) is 0 Å². The number of nitrogens with zero attached hydrogens (tertiary/aromatic N) is 1. The normalized spacial score (nSPS) is 25.9. The molecule has 0 aromatic rings. The minimum Gasteiger partial charge on any atom is -0.351 e. The van der Waals surface area contributed by atoms with Crippen LogP contribution in [0.2, 0.25) is 0 Å². The van der Waals surface area contributed by atoms with Crippen LogP contribution in [-0.2, 0) is 4.79 Å². The Labute approximate surface area is 79.5 Å². The van der Waals surface area contributed by atoms with Crippen molar-refractivity contribution in [3.8, 4) is 0 Å². The third kappa shape index (κ3) is 2.67. The summed E-state index contributed by atoms with van der Waals surface area (Å²) in [6.45, 7) is 3.45. The van der Waals surface area contributed by atoms with Crippen molar-refractivity contribution < 1.29 is 4.79 Å². The second-order valence-electron chi connectivity index (χ2n) is 3.78. The van der Waals surface area contributed by atoms with Crippen molar-refractivity contribution in [2.45, 2.75) is 31.8 Å². The lowest BCUT2D eigenvalue weighted by molar-refractivity contribution is -0.125. The second kappa shape index (κ2) is 4.58. The fourth-order valence-corrected chi connectivity index (χ4v) is 1.64. The molecule has 4 heteroatoms. The van der Waals surface area contributed by atoms with Crippen molar-refractivity contribution in [1.29, 1.82) is 0 Å². The molecule has 0 aliphatic carbocycles. The first kappa shape index (κ1) is 10.5. The van der Waals surface area contributed by atoms with E-state index in [-0.39, 0.29) is 18.0 Å². The van der Waals surface area contributed by atoms with E-state index in [1.807, 2.05) is 14.0 Å². The summed E-state index contributed by atoms with van der Waals surface area (Å²) in [5.41, 5.74) is 5.43. The number of likely N-dealkylation sites (tertiary alicyclic amines) is 1. The van der Waals surface area contributed by atoms with Crippen LogP contribution >= 0.6 is 0 Å². The molecule has 0 radical (unpaired) electrons. The molecule has 3 N–H and O–H groups in total. The molecule has 2 unspecified atom stereocenters. The molecule has 1 rings (SSSR count). The van der Waals surface area contributed by atoms with Gasteiger partial charge in [-0.1, -0.05) is 0 Å². The van der Waals surface area contributed by atoms with Crippen LogP contribution in [0.3, 0.4) is 0 Å². The molecule has 1 saturated heterocycles. The minimum absolute atomic E-state index is 0.0639. The summed E-state index contributed by atoms with van der Waals surface area (Å²) >= 11 is 0. The van der Waals surface area contributed by atoms with Gasteiger partial charge in [-0.05, 0) is 33.4 Å². The molecular weight excluding hydrogens is 166 g/mol. The van der Waals surface area contributed by atoms with Gasteiger partial charge in [0.2, 0.25) is 5.91 Å². The number of amides is 1. The zero-order valence-corrected chi connectivity index (χ0v) is 8.42. The van der Waals surface area contributed by atoms with E-state index in [1.54, 1.807) is 0 Å². The van der Waals surface area contributed by atoms with Gasteiger partial charge < -0.3 is 11.1 Å². The fraction of sp³-hybridized carbons (Fsp3) is 0.889. The van der Waals surface area contributed by atoms with Gasteiger partial charge in [0.05, 0.1) is 6.04 Å². The smallest absolute Gasteiger partial charge is 0.237 e. The van der Waals surface area contributed by atoms with Crippen LogP contribution in [0.15, 0.2) is 0 Å². The van der Waals surface area contributed by atoms with E-state index >= 15 is 0 Å². The number of nitrogens with one attached hydrogen (secondary N) is 1.